The summed E-state index contributed by atoms with van der Waals surface area (Å²) in [6, 6.07) is 0. The van der Waals surface area contributed by atoms with Crippen LogP contribution in [0.5, 0.6) is 0 Å². The van der Waals surface area contributed by atoms with E-state index in [1.165, 1.54) is 0 Å². The Kier molecular flexibility index (Phi) is 1.44. The highest BCUT2D eigenvalue weighted by atomic mass is 16.3. The molecular formula is C4H7N3O2. The second-order valence-corrected chi connectivity index (χ2v) is 1.87. The predicted molar refractivity (Wildman–Crippen MR) is 27.5 cm³/mol. The van der Waals surface area contributed by atoms with Crippen molar-refractivity contribution >= 4 is 5.91 Å². The molecule has 0 saturated carbocycles. The van der Waals surface area contributed by atoms with Crippen molar-refractivity contribution in [3.8, 4) is 0 Å². The van der Waals surface area contributed by atoms with Crippen molar-refractivity contribution in [3.63, 3.8) is 0 Å². The summed E-state index contributed by atoms with van der Waals surface area (Å²) in [5, 5.41) is 12.6. The Bertz CT molecular complexity index is 147. The smallest absolute Gasteiger partial charge is 0.272 e. The molecule has 1 rings (SSSR count). The number of hydrogen-bond donors (Lipinski definition) is 2. The molecule has 1 unspecified atom stereocenters. The molecule has 5 nitrogen and oxygen atoms in total. The van der Waals surface area contributed by atoms with E-state index in [2.05, 4.69) is 5.22 Å². The van der Waals surface area contributed by atoms with Gasteiger partial charge in [-0.2, -0.15) is 5.53 Å². The fraction of sp³-hybridized carbons (Fsp3) is 0.750. The molecule has 0 aliphatic carbocycles. The summed E-state index contributed by atoms with van der Waals surface area (Å²) in [7, 11) is 0. The Balaban J connectivity index is 2.61. The maximum Gasteiger partial charge on any atom is 0.272 e. The fourth-order valence-electron chi connectivity index (χ4n) is 0.750. The first-order chi connectivity index (χ1) is 4.25. The van der Waals surface area contributed by atoms with Gasteiger partial charge in [0.05, 0.1) is 0 Å². The molecule has 5 heteroatoms. The second kappa shape index (κ2) is 2.10. The lowest BCUT2D eigenvalue weighted by atomic mass is 10.3. The Hall–Kier alpha value is -0.970. The summed E-state index contributed by atoms with van der Waals surface area (Å²) in [5.74, 6) is -0.468. The minimum absolute atomic E-state index is 0.365. The third-order valence-corrected chi connectivity index (χ3v) is 1.27. The number of aliphatic hydroxyl groups excluding tert-OH is 1. The van der Waals surface area contributed by atoms with Gasteiger partial charge in [-0.15, -0.1) is 0 Å². The van der Waals surface area contributed by atoms with Gasteiger partial charge in [0.15, 0.2) is 0 Å². The molecule has 0 spiro atoms. The normalized spacial score (nSPS) is 27.0. The molecule has 1 aliphatic rings. The summed E-state index contributed by atoms with van der Waals surface area (Å²) < 4.78 is 0. The lowest BCUT2D eigenvalue weighted by Crippen LogP contribution is -2.23. The first kappa shape index (κ1) is 6.15. The highest BCUT2D eigenvalue weighted by Crippen LogP contribution is 2.09. The van der Waals surface area contributed by atoms with Crippen LogP contribution in [0, 0.1) is 5.53 Å². The minimum atomic E-state index is -0.931. The van der Waals surface area contributed by atoms with E-state index in [9.17, 15) is 4.79 Å². The molecule has 0 radical (unpaired) electrons. The van der Waals surface area contributed by atoms with E-state index >= 15 is 0 Å². The molecule has 9 heavy (non-hydrogen) atoms. The number of nitrogens with one attached hydrogen (secondary N) is 1. The Morgan fingerprint density at radius 1 is 1.89 bits per heavy atom. The van der Waals surface area contributed by atoms with Gasteiger partial charge in [-0.25, -0.2) is 5.01 Å². The molecule has 1 atom stereocenters. The van der Waals surface area contributed by atoms with Crippen LogP contribution in [-0.2, 0) is 4.79 Å². The van der Waals surface area contributed by atoms with E-state index in [0.717, 1.165) is 5.01 Å². The molecular weight excluding hydrogens is 122 g/mol. The molecule has 1 aliphatic heterocycles. The van der Waals surface area contributed by atoms with Crippen LogP contribution in [0.3, 0.4) is 0 Å². The molecule has 1 saturated heterocycles. The number of amides is 1. The summed E-state index contributed by atoms with van der Waals surface area (Å²) in [6.07, 6.45) is -0.541. The molecule has 1 amide bonds. The first-order valence-corrected chi connectivity index (χ1v) is 2.62. The minimum Gasteiger partial charge on any atom is -0.383 e. The van der Waals surface area contributed by atoms with Gasteiger partial charge in [-0.05, 0) is 0 Å². The number of nitrogens with zero attached hydrogens (tertiary/aromatic N) is 2. The van der Waals surface area contributed by atoms with E-state index in [1.54, 1.807) is 0 Å². The van der Waals surface area contributed by atoms with Crippen LogP contribution in [0.2, 0.25) is 0 Å². The van der Waals surface area contributed by atoms with Gasteiger partial charge in [-0.3, -0.25) is 4.79 Å². The van der Waals surface area contributed by atoms with Gasteiger partial charge in [0.2, 0.25) is 0 Å². The SMILES string of the molecule is N=NN1CCC(O)C1=O. The fourth-order valence-corrected chi connectivity index (χ4v) is 0.750. The van der Waals surface area contributed by atoms with Crippen molar-refractivity contribution in [2.75, 3.05) is 6.54 Å². The number of carbonyl (C=O) groups is 1. The Morgan fingerprint density at radius 3 is 2.78 bits per heavy atom. The van der Waals surface area contributed by atoms with E-state index in [-0.39, 0.29) is 0 Å². The van der Waals surface area contributed by atoms with E-state index in [4.69, 9.17) is 10.6 Å². The Morgan fingerprint density at radius 2 is 2.56 bits per heavy atom. The maximum atomic E-state index is 10.6. The quantitative estimate of drug-likeness (QED) is 0.469. The standard InChI is InChI=1S/C4H7N3O2/c5-6-7-2-1-3(8)4(7)9/h3,5,8H,1-2H2. The van der Waals surface area contributed by atoms with Crippen LogP contribution < -0.4 is 0 Å². The lowest BCUT2D eigenvalue weighted by Gasteiger charge is -2.02. The van der Waals surface area contributed by atoms with Gasteiger partial charge in [0.25, 0.3) is 5.91 Å². The van der Waals surface area contributed by atoms with Gasteiger partial charge in [0, 0.05) is 13.0 Å². The molecule has 2 N–H and O–H groups in total. The summed E-state index contributed by atoms with van der Waals surface area (Å²) >= 11 is 0. The predicted octanol–water partition coefficient (Wildman–Crippen LogP) is -0.474. The maximum absolute atomic E-state index is 10.6. The van der Waals surface area contributed by atoms with Gasteiger partial charge < -0.3 is 5.11 Å². The van der Waals surface area contributed by atoms with Crippen molar-refractivity contribution < 1.29 is 9.90 Å². The second-order valence-electron chi connectivity index (χ2n) is 1.87. The lowest BCUT2D eigenvalue weighted by molar-refractivity contribution is -0.134. The number of carbonyl (C=O) groups excluding carboxylic acids is 1. The van der Waals surface area contributed by atoms with Crippen LogP contribution in [0.1, 0.15) is 6.42 Å². The van der Waals surface area contributed by atoms with Crippen LogP contribution in [0.4, 0.5) is 0 Å². The van der Waals surface area contributed by atoms with Crippen molar-refractivity contribution in [2.45, 2.75) is 12.5 Å². The van der Waals surface area contributed by atoms with Crippen molar-refractivity contribution in [3.05, 3.63) is 0 Å². The third-order valence-electron chi connectivity index (χ3n) is 1.27. The third kappa shape index (κ3) is 0.904. The van der Waals surface area contributed by atoms with E-state index in [0.29, 0.717) is 13.0 Å². The molecule has 0 aromatic heterocycles. The average molecular weight is 129 g/mol. The molecule has 0 bridgehead atoms. The van der Waals surface area contributed by atoms with E-state index in [1.807, 2.05) is 0 Å². The zero-order chi connectivity index (χ0) is 6.85. The zero-order valence-electron chi connectivity index (χ0n) is 4.74. The topological polar surface area (TPSA) is 76.8 Å². The largest absolute Gasteiger partial charge is 0.383 e. The van der Waals surface area contributed by atoms with Gasteiger partial charge in [0.1, 0.15) is 6.10 Å². The summed E-state index contributed by atoms with van der Waals surface area (Å²) in [4.78, 5) is 10.6. The van der Waals surface area contributed by atoms with Crippen molar-refractivity contribution in [2.24, 2.45) is 5.22 Å². The van der Waals surface area contributed by atoms with Gasteiger partial charge >= 0.3 is 0 Å². The monoisotopic (exact) mass is 129 g/mol. The van der Waals surface area contributed by atoms with Crippen LogP contribution in [0.25, 0.3) is 0 Å². The van der Waals surface area contributed by atoms with Crippen molar-refractivity contribution in [1.82, 2.24) is 5.01 Å². The Labute approximate surface area is 51.8 Å². The molecule has 50 valence electrons. The molecule has 0 aromatic carbocycles. The molecule has 1 fully saturated rings. The highest BCUT2D eigenvalue weighted by Gasteiger charge is 2.29. The van der Waals surface area contributed by atoms with E-state index < -0.39 is 12.0 Å². The van der Waals surface area contributed by atoms with Gasteiger partial charge in [-0.1, -0.05) is 5.22 Å². The number of hydrogen-bond acceptors (Lipinski definition) is 4. The van der Waals surface area contributed by atoms with Crippen LogP contribution in [-0.4, -0.2) is 28.7 Å². The first-order valence-electron chi connectivity index (χ1n) is 2.62. The summed E-state index contributed by atoms with van der Waals surface area (Å²) in [6.45, 7) is 0.365. The number of aliphatic hydroxyl groups is 1. The molecule has 1 heterocycles. The van der Waals surface area contributed by atoms with Crippen LogP contribution >= 0.6 is 0 Å². The average Bonchev–Trinajstić information content (AvgIpc) is 2.15. The highest BCUT2D eigenvalue weighted by molar-refractivity contribution is 5.82. The number of rotatable bonds is 1. The summed E-state index contributed by atoms with van der Waals surface area (Å²) in [5.41, 5.74) is 6.44. The van der Waals surface area contributed by atoms with Crippen molar-refractivity contribution in [1.29, 1.82) is 5.53 Å². The zero-order valence-corrected chi connectivity index (χ0v) is 4.74. The molecule has 0 aromatic rings. The van der Waals surface area contributed by atoms with Crippen LogP contribution in [0.15, 0.2) is 5.22 Å².